The molecule has 0 radical (unpaired) electrons. The second-order valence-electron chi connectivity index (χ2n) is 8.55. The first kappa shape index (κ1) is 21.9. The van der Waals surface area contributed by atoms with Crippen molar-refractivity contribution in [3.63, 3.8) is 0 Å². The van der Waals surface area contributed by atoms with E-state index < -0.39 is 0 Å². The molecule has 0 N–H and O–H groups in total. The first-order valence-corrected chi connectivity index (χ1v) is 11.5. The smallest absolute Gasteiger partial charge is 0.147 e. The van der Waals surface area contributed by atoms with Crippen LogP contribution in [-0.4, -0.2) is 16.2 Å². The Labute approximate surface area is 190 Å². The molecule has 32 heavy (non-hydrogen) atoms. The molecule has 0 aliphatic rings. The largest absolute Gasteiger partial charge is 0.494 e. The molecule has 0 amide bonds. The molecule has 0 fully saturated rings. The predicted octanol–water partition coefficient (Wildman–Crippen LogP) is 6.91. The van der Waals surface area contributed by atoms with Crippen LogP contribution in [0.25, 0.3) is 11.0 Å². The molecule has 1 aromatic heterocycles. The van der Waals surface area contributed by atoms with Crippen LogP contribution in [0.1, 0.15) is 49.6 Å². The average Bonchev–Trinajstić information content (AvgIpc) is 3.16. The molecule has 0 saturated heterocycles. The number of para-hydroxylation sites is 2. The van der Waals surface area contributed by atoms with Gasteiger partial charge in [0.15, 0.2) is 0 Å². The average molecular weight is 429 g/mol. The second kappa shape index (κ2) is 10.4. The van der Waals surface area contributed by atoms with Crippen molar-refractivity contribution in [2.45, 2.75) is 52.7 Å². The fourth-order valence-corrected chi connectivity index (χ4v) is 3.78. The fourth-order valence-electron chi connectivity index (χ4n) is 3.78. The molecular formula is C28H32N2O2. The minimum absolute atomic E-state index is 0.454. The highest BCUT2D eigenvalue weighted by Gasteiger charge is 2.11. The third-order valence-electron chi connectivity index (χ3n) is 5.71. The van der Waals surface area contributed by atoms with Gasteiger partial charge in [-0.2, -0.15) is 0 Å². The maximum atomic E-state index is 6.08. The minimum Gasteiger partial charge on any atom is -0.494 e. The zero-order valence-corrected chi connectivity index (χ0v) is 19.3. The maximum absolute atomic E-state index is 6.08. The quantitative estimate of drug-likeness (QED) is 0.258. The molecule has 3 aromatic carbocycles. The van der Waals surface area contributed by atoms with Crippen molar-refractivity contribution < 1.29 is 9.47 Å². The van der Waals surface area contributed by atoms with Gasteiger partial charge in [0.25, 0.3) is 0 Å². The van der Waals surface area contributed by atoms with Crippen molar-refractivity contribution in [2.75, 3.05) is 6.61 Å². The van der Waals surface area contributed by atoms with Crippen molar-refractivity contribution in [3.05, 3.63) is 89.7 Å². The summed E-state index contributed by atoms with van der Waals surface area (Å²) in [6.07, 6.45) is 2.00. The number of imidazole rings is 1. The van der Waals surface area contributed by atoms with E-state index in [0.29, 0.717) is 19.1 Å². The Morgan fingerprint density at radius 3 is 2.25 bits per heavy atom. The number of fused-ring (bicyclic) bond motifs is 1. The zero-order valence-electron chi connectivity index (χ0n) is 19.3. The highest BCUT2D eigenvalue weighted by molar-refractivity contribution is 5.75. The van der Waals surface area contributed by atoms with E-state index in [0.717, 1.165) is 47.7 Å². The first-order valence-electron chi connectivity index (χ1n) is 11.5. The van der Waals surface area contributed by atoms with Crippen LogP contribution in [-0.2, 0) is 13.2 Å². The standard InChI is InChI=1S/C28H32N2O2/c1-21(2)23-12-16-25(17-13-23)32-20-28-29-26-8-4-5-9-27(26)30(28)18-6-7-19-31-24-14-10-22(3)11-15-24/h4-5,8-17,21H,6-7,18-20H2,1-3H3. The molecule has 0 unspecified atom stereocenters. The molecule has 4 heteroatoms. The lowest BCUT2D eigenvalue weighted by molar-refractivity contribution is 0.285. The number of unbranched alkanes of at least 4 members (excludes halogenated alkanes) is 1. The van der Waals surface area contributed by atoms with Gasteiger partial charge in [-0.3, -0.25) is 0 Å². The summed E-state index contributed by atoms with van der Waals surface area (Å²) in [4.78, 5) is 4.83. The Morgan fingerprint density at radius 2 is 1.50 bits per heavy atom. The number of benzene rings is 3. The predicted molar refractivity (Wildman–Crippen MR) is 131 cm³/mol. The van der Waals surface area contributed by atoms with Gasteiger partial charge < -0.3 is 14.0 Å². The Hall–Kier alpha value is -3.27. The summed E-state index contributed by atoms with van der Waals surface area (Å²) in [5, 5.41) is 0. The zero-order chi connectivity index (χ0) is 22.3. The molecule has 4 rings (SSSR count). The number of nitrogens with zero attached hydrogens (tertiary/aromatic N) is 2. The topological polar surface area (TPSA) is 36.3 Å². The van der Waals surface area contributed by atoms with Crippen molar-refractivity contribution in [1.82, 2.24) is 9.55 Å². The minimum atomic E-state index is 0.454. The van der Waals surface area contributed by atoms with E-state index in [1.165, 1.54) is 11.1 Å². The first-order chi connectivity index (χ1) is 15.6. The number of aromatic nitrogens is 2. The van der Waals surface area contributed by atoms with Crippen LogP contribution in [0.4, 0.5) is 0 Å². The molecule has 166 valence electrons. The van der Waals surface area contributed by atoms with Crippen molar-refractivity contribution >= 4 is 11.0 Å². The van der Waals surface area contributed by atoms with Crippen LogP contribution in [0.5, 0.6) is 11.5 Å². The molecule has 1 heterocycles. The fraction of sp³-hybridized carbons (Fsp3) is 0.321. The number of hydrogen-bond donors (Lipinski definition) is 0. The molecule has 0 aliphatic carbocycles. The molecule has 0 spiro atoms. The lowest BCUT2D eigenvalue weighted by Crippen LogP contribution is -2.09. The Bertz CT molecular complexity index is 1130. The summed E-state index contributed by atoms with van der Waals surface area (Å²) in [6.45, 7) is 8.54. The van der Waals surface area contributed by atoms with E-state index in [1.54, 1.807) is 0 Å². The van der Waals surface area contributed by atoms with Gasteiger partial charge >= 0.3 is 0 Å². The van der Waals surface area contributed by atoms with Gasteiger partial charge in [0, 0.05) is 6.54 Å². The summed E-state index contributed by atoms with van der Waals surface area (Å²) in [6, 6.07) is 24.9. The summed E-state index contributed by atoms with van der Waals surface area (Å²) in [7, 11) is 0. The highest BCUT2D eigenvalue weighted by atomic mass is 16.5. The lowest BCUT2D eigenvalue weighted by Gasteiger charge is -2.12. The summed E-state index contributed by atoms with van der Waals surface area (Å²) >= 11 is 0. The van der Waals surface area contributed by atoms with E-state index in [2.05, 4.69) is 67.8 Å². The lowest BCUT2D eigenvalue weighted by atomic mass is 10.0. The van der Waals surface area contributed by atoms with Gasteiger partial charge in [-0.15, -0.1) is 0 Å². The molecular weight excluding hydrogens is 396 g/mol. The Morgan fingerprint density at radius 1 is 0.812 bits per heavy atom. The van der Waals surface area contributed by atoms with Crippen LogP contribution in [0.2, 0.25) is 0 Å². The number of hydrogen-bond acceptors (Lipinski definition) is 3. The maximum Gasteiger partial charge on any atom is 0.147 e. The van der Waals surface area contributed by atoms with E-state index >= 15 is 0 Å². The normalized spacial score (nSPS) is 11.2. The van der Waals surface area contributed by atoms with Crippen LogP contribution in [0, 0.1) is 6.92 Å². The van der Waals surface area contributed by atoms with Crippen LogP contribution < -0.4 is 9.47 Å². The van der Waals surface area contributed by atoms with Gasteiger partial charge in [0.05, 0.1) is 17.6 Å². The number of aryl methyl sites for hydroxylation is 2. The van der Waals surface area contributed by atoms with E-state index in [9.17, 15) is 0 Å². The summed E-state index contributed by atoms with van der Waals surface area (Å²) in [5.41, 5.74) is 4.73. The summed E-state index contributed by atoms with van der Waals surface area (Å²) < 4.78 is 14.2. The van der Waals surface area contributed by atoms with Gasteiger partial charge in [-0.25, -0.2) is 4.98 Å². The summed E-state index contributed by atoms with van der Waals surface area (Å²) in [5.74, 6) is 3.28. The number of ether oxygens (including phenoxy) is 2. The van der Waals surface area contributed by atoms with Gasteiger partial charge in [0.1, 0.15) is 23.9 Å². The van der Waals surface area contributed by atoms with Crippen LogP contribution in [0.3, 0.4) is 0 Å². The van der Waals surface area contributed by atoms with Crippen molar-refractivity contribution in [3.8, 4) is 11.5 Å². The van der Waals surface area contributed by atoms with Crippen LogP contribution >= 0.6 is 0 Å². The van der Waals surface area contributed by atoms with Gasteiger partial charge in [-0.05, 0) is 67.6 Å². The highest BCUT2D eigenvalue weighted by Crippen LogP contribution is 2.22. The molecule has 4 aromatic rings. The molecule has 0 bridgehead atoms. The molecule has 0 aliphatic heterocycles. The van der Waals surface area contributed by atoms with Gasteiger partial charge in [0.2, 0.25) is 0 Å². The molecule has 0 atom stereocenters. The second-order valence-corrected chi connectivity index (χ2v) is 8.55. The Balaban J connectivity index is 1.37. The van der Waals surface area contributed by atoms with E-state index in [1.807, 2.05) is 30.3 Å². The third-order valence-corrected chi connectivity index (χ3v) is 5.71. The third kappa shape index (κ3) is 5.50. The molecule has 0 saturated carbocycles. The Kier molecular flexibility index (Phi) is 7.10. The van der Waals surface area contributed by atoms with Crippen LogP contribution in [0.15, 0.2) is 72.8 Å². The van der Waals surface area contributed by atoms with E-state index in [-0.39, 0.29) is 0 Å². The number of rotatable bonds is 10. The monoisotopic (exact) mass is 428 g/mol. The molecule has 4 nitrogen and oxygen atoms in total. The van der Waals surface area contributed by atoms with E-state index in [4.69, 9.17) is 14.5 Å². The van der Waals surface area contributed by atoms with Crippen molar-refractivity contribution in [2.24, 2.45) is 0 Å². The van der Waals surface area contributed by atoms with Gasteiger partial charge in [-0.1, -0.05) is 55.8 Å². The van der Waals surface area contributed by atoms with Crippen molar-refractivity contribution in [1.29, 1.82) is 0 Å². The SMILES string of the molecule is Cc1ccc(OCCCCn2c(COc3ccc(C(C)C)cc3)nc3ccccc32)cc1.